The van der Waals surface area contributed by atoms with Crippen LogP contribution in [-0.4, -0.2) is 57.1 Å². The Bertz CT molecular complexity index is 1010. The summed E-state index contributed by atoms with van der Waals surface area (Å²) in [5.74, 6) is -0.879. The third-order valence-corrected chi connectivity index (χ3v) is 6.00. The quantitative estimate of drug-likeness (QED) is 0.584. The molecule has 10 heteroatoms. The Labute approximate surface area is 163 Å². The molecule has 8 nitrogen and oxygen atoms in total. The van der Waals surface area contributed by atoms with E-state index in [1.54, 1.807) is 37.2 Å². The first-order chi connectivity index (χ1) is 13.2. The first-order valence-corrected chi connectivity index (χ1v) is 10.2. The van der Waals surface area contributed by atoms with Crippen LogP contribution < -0.4 is 10.8 Å². The second-order valence-corrected chi connectivity index (χ2v) is 8.88. The van der Waals surface area contributed by atoms with Crippen molar-refractivity contribution in [3.8, 4) is 5.75 Å². The lowest BCUT2D eigenvalue weighted by Gasteiger charge is -2.14. The van der Waals surface area contributed by atoms with Gasteiger partial charge in [0.2, 0.25) is 5.91 Å². The number of fused-ring (bicyclic) bond motifs is 1. The molecule has 1 heterocycles. The Morgan fingerprint density at radius 1 is 1.25 bits per heavy atom. The number of carbonyl (C=O) groups is 1. The van der Waals surface area contributed by atoms with Crippen LogP contribution in [0.3, 0.4) is 0 Å². The van der Waals surface area contributed by atoms with E-state index in [1.165, 1.54) is 18.2 Å². The van der Waals surface area contributed by atoms with E-state index in [0.29, 0.717) is 11.0 Å². The molecule has 1 aliphatic rings. The summed E-state index contributed by atoms with van der Waals surface area (Å²) in [5, 5.41) is 22.1. The number of likely N-dealkylation sites (N-methyl/N-ethyl adjacent to an activating group) is 1. The van der Waals surface area contributed by atoms with Gasteiger partial charge in [-0.15, -0.1) is 0 Å². The van der Waals surface area contributed by atoms with Gasteiger partial charge in [-0.1, -0.05) is 18.2 Å². The predicted molar refractivity (Wildman–Crippen MR) is 105 cm³/mol. The van der Waals surface area contributed by atoms with E-state index in [9.17, 15) is 23.3 Å². The molecule has 28 heavy (non-hydrogen) atoms. The number of phenols is 1. The molecule has 0 aromatic heterocycles. The molecule has 148 valence electrons. The minimum absolute atomic E-state index is 0.0244. The SMILES string of the molecule is CN(C)CC(=O)Nc1cc(O)ccc1S(=O)(=O)Cc1ccc2c(c1)B(O)OC2. The fraction of sp³-hybridized carbons (Fsp3) is 0.278. The monoisotopic (exact) mass is 404 g/mol. The van der Waals surface area contributed by atoms with Gasteiger partial charge in [0.05, 0.1) is 29.5 Å². The highest BCUT2D eigenvalue weighted by Crippen LogP contribution is 2.29. The summed E-state index contributed by atoms with van der Waals surface area (Å²) < 4.78 is 31.1. The average molecular weight is 404 g/mol. The van der Waals surface area contributed by atoms with E-state index >= 15 is 0 Å². The summed E-state index contributed by atoms with van der Waals surface area (Å²) in [6, 6.07) is 8.74. The summed E-state index contributed by atoms with van der Waals surface area (Å²) in [5.41, 5.74) is 1.88. The van der Waals surface area contributed by atoms with Gasteiger partial charge in [0.15, 0.2) is 9.84 Å². The predicted octanol–water partition coefficient (Wildman–Crippen LogP) is 0.0839. The van der Waals surface area contributed by atoms with Gasteiger partial charge in [-0.05, 0) is 42.8 Å². The number of nitrogens with zero attached hydrogens (tertiary/aromatic N) is 1. The number of rotatable bonds is 6. The number of benzene rings is 2. The van der Waals surface area contributed by atoms with Crippen molar-refractivity contribution in [3.05, 3.63) is 47.5 Å². The minimum Gasteiger partial charge on any atom is -0.508 e. The van der Waals surface area contributed by atoms with E-state index in [2.05, 4.69) is 5.32 Å². The molecule has 0 unspecified atom stereocenters. The molecule has 0 spiro atoms. The summed E-state index contributed by atoms with van der Waals surface area (Å²) in [4.78, 5) is 13.6. The average Bonchev–Trinajstić information content (AvgIpc) is 2.94. The number of phenolic OH excluding ortho intramolecular Hbond substituents is 1. The number of nitrogens with one attached hydrogen (secondary N) is 1. The summed E-state index contributed by atoms with van der Waals surface area (Å²) in [6.45, 7) is 0.349. The van der Waals surface area contributed by atoms with Crippen molar-refractivity contribution < 1.29 is 28.0 Å². The van der Waals surface area contributed by atoms with Crippen molar-refractivity contribution >= 4 is 34.0 Å². The smallest absolute Gasteiger partial charge is 0.491 e. The highest BCUT2D eigenvalue weighted by atomic mass is 32.2. The van der Waals surface area contributed by atoms with Crippen molar-refractivity contribution in [2.45, 2.75) is 17.3 Å². The number of carbonyl (C=O) groups excluding carboxylic acids is 1. The molecule has 2 aromatic carbocycles. The molecular weight excluding hydrogens is 383 g/mol. The molecule has 2 aromatic rings. The first kappa shape index (κ1) is 20.3. The van der Waals surface area contributed by atoms with Gasteiger partial charge in [0.25, 0.3) is 0 Å². The zero-order valence-corrected chi connectivity index (χ0v) is 16.4. The third-order valence-electron chi connectivity index (χ3n) is 4.26. The Balaban J connectivity index is 1.89. The second-order valence-electron chi connectivity index (χ2n) is 6.92. The van der Waals surface area contributed by atoms with E-state index in [4.69, 9.17) is 4.65 Å². The second kappa shape index (κ2) is 7.92. The zero-order chi connectivity index (χ0) is 20.5. The van der Waals surface area contributed by atoms with Gasteiger partial charge in [-0.2, -0.15) is 0 Å². The van der Waals surface area contributed by atoms with E-state index in [1.807, 2.05) is 0 Å². The Morgan fingerprint density at radius 2 is 2.00 bits per heavy atom. The Morgan fingerprint density at radius 3 is 2.71 bits per heavy atom. The molecule has 0 saturated heterocycles. The van der Waals surface area contributed by atoms with E-state index in [0.717, 1.165) is 5.56 Å². The van der Waals surface area contributed by atoms with Gasteiger partial charge in [0, 0.05) is 6.07 Å². The van der Waals surface area contributed by atoms with Crippen LogP contribution in [0.5, 0.6) is 5.75 Å². The molecule has 0 atom stereocenters. The molecule has 1 aliphatic heterocycles. The molecular formula is C18H21BN2O6S. The molecule has 0 aliphatic carbocycles. The van der Waals surface area contributed by atoms with Gasteiger partial charge in [-0.3, -0.25) is 4.79 Å². The van der Waals surface area contributed by atoms with Gasteiger partial charge < -0.3 is 25.0 Å². The standard InChI is InChI=1S/C18H21BN2O6S/c1-21(2)9-18(23)20-16-8-14(22)5-6-17(16)28(25,26)11-12-3-4-13-10-27-19(24)15(13)7-12/h3-8,22,24H,9-11H2,1-2H3,(H,20,23). The molecule has 0 radical (unpaired) electrons. The topological polar surface area (TPSA) is 116 Å². The lowest BCUT2D eigenvalue weighted by atomic mass is 9.79. The third kappa shape index (κ3) is 4.53. The van der Waals surface area contributed by atoms with Gasteiger partial charge in [0.1, 0.15) is 5.75 Å². The van der Waals surface area contributed by atoms with Crippen LogP contribution in [0.15, 0.2) is 41.3 Å². The van der Waals surface area contributed by atoms with Crippen LogP contribution in [0.1, 0.15) is 11.1 Å². The lowest BCUT2D eigenvalue weighted by molar-refractivity contribution is -0.116. The van der Waals surface area contributed by atoms with Gasteiger partial charge in [-0.25, -0.2) is 8.42 Å². The van der Waals surface area contributed by atoms with Crippen LogP contribution >= 0.6 is 0 Å². The zero-order valence-electron chi connectivity index (χ0n) is 15.5. The van der Waals surface area contributed by atoms with Crippen molar-refractivity contribution in [1.29, 1.82) is 0 Å². The Hall–Kier alpha value is -2.40. The van der Waals surface area contributed by atoms with Crippen LogP contribution in [0.25, 0.3) is 0 Å². The van der Waals surface area contributed by atoms with Crippen LogP contribution in [0.4, 0.5) is 5.69 Å². The number of amides is 1. The molecule has 3 N–H and O–H groups in total. The summed E-state index contributed by atoms with van der Waals surface area (Å²) in [7, 11) is -1.47. The van der Waals surface area contributed by atoms with Crippen molar-refractivity contribution in [1.82, 2.24) is 4.90 Å². The van der Waals surface area contributed by atoms with Crippen LogP contribution in [0, 0.1) is 0 Å². The maximum Gasteiger partial charge on any atom is 0.491 e. The fourth-order valence-electron chi connectivity index (χ4n) is 3.01. The number of sulfone groups is 1. The largest absolute Gasteiger partial charge is 0.508 e. The number of anilines is 1. The van der Waals surface area contributed by atoms with Gasteiger partial charge >= 0.3 is 7.12 Å². The minimum atomic E-state index is -3.83. The maximum atomic E-state index is 13.0. The number of hydrogen-bond acceptors (Lipinski definition) is 7. The molecule has 3 rings (SSSR count). The van der Waals surface area contributed by atoms with Crippen molar-refractivity contribution in [2.75, 3.05) is 26.0 Å². The van der Waals surface area contributed by atoms with Crippen molar-refractivity contribution in [3.63, 3.8) is 0 Å². The highest BCUT2D eigenvalue weighted by Gasteiger charge is 2.28. The maximum absolute atomic E-state index is 13.0. The number of aromatic hydroxyl groups is 1. The fourth-order valence-corrected chi connectivity index (χ4v) is 4.51. The number of hydrogen-bond donors (Lipinski definition) is 3. The van der Waals surface area contributed by atoms with E-state index in [-0.39, 0.29) is 35.2 Å². The van der Waals surface area contributed by atoms with Crippen LogP contribution in [-0.2, 0) is 31.6 Å². The summed E-state index contributed by atoms with van der Waals surface area (Å²) >= 11 is 0. The normalized spacial score (nSPS) is 13.6. The Kier molecular flexibility index (Phi) is 5.75. The lowest BCUT2D eigenvalue weighted by Crippen LogP contribution is -2.28. The van der Waals surface area contributed by atoms with E-state index < -0.39 is 22.9 Å². The molecule has 0 fully saturated rings. The highest BCUT2D eigenvalue weighted by molar-refractivity contribution is 7.90. The van der Waals surface area contributed by atoms with Crippen molar-refractivity contribution in [2.24, 2.45) is 0 Å². The summed E-state index contributed by atoms with van der Waals surface area (Å²) in [6.07, 6.45) is 0. The molecule has 1 amide bonds. The molecule has 0 bridgehead atoms. The van der Waals surface area contributed by atoms with Crippen LogP contribution in [0.2, 0.25) is 0 Å². The first-order valence-electron chi connectivity index (χ1n) is 8.57. The molecule has 0 saturated carbocycles.